The van der Waals surface area contributed by atoms with Crippen molar-refractivity contribution in [3.63, 3.8) is 0 Å². The van der Waals surface area contributed by atoms with Gasteiger partial charge in [-0.3, -0.25) is 4.79 Å². The fourth-order valence-corrected chi connectivity index (χ4v) is 5.99. The summed E-state index contributed by atoms with van der Waals surface area (Å²) in [5, 5.41) is 1.34. The monoisotopic (exact) mass is 366 g/mol. The maximum absolute atomic E-state index is 12.9. The van der Waals surface area contributed by atoms with Crippen molar-refractivity contribution in [2.75, 3.05) is 13.1 Å². The lowest BCUT2D eigenvalue weighted by Gasteiger charge is -2.31. The van der Waals surface area contributed by atoms with Crippen molar-refractivity contribution in [2.24, 2.45) is 5.92 Å². The van der Waals surface area contributed by atoms with E-state index in [0.29, 0.717) is 17.7 Å². The van der Waals surface area contributed by atoms with Crippen LogP contribution in [0.1, 0.15) is 65.1 Å². The highest BCUT2D eigenvalue weighted by molar-refractivity contribution is 7.11. The Labute approximate surface area is 159 Å². The summed E-state index contributed by atoms with van der Waals surface area (Å²) in [6.45, 7) is 1.82. The van der Waals surface area contributed by atoms with Gasteiger partial charge >= 0.3 is 0 Å². The molecule has 2 atom stereocenters. The van der Waals surface area contributed by atoms with Gasteiger partial charge in [0.1, 0.15) is 0 Å². The second-order valence-electron chi connectivity index (χ2n) is 8.09. The summed E-state index contributed by atoms with van der Waals surface area (Å²) in [7, 11) is 0. The third-order valence-electron chi connectivity index (χ3n) is 6.35. The van der Waals surface area contributed by atoms with Crippen LogP contribution in [0.5, 0.6) is 0 Å². The first-order valence-electron chi connectivity index (χ1n) is 10.1. The summed E-state index contributed by atoms with van der Waals surface area (Å²) in [4.78, 5) is 21.5. The Morgan fingerprint density at radius 2 is 1.85 bits per heavy atom. The van der Waals surface area contributed by atoms with E-state index in [1.54, 1.807) is 0 Å². The predicted octanol–water partition coefficient (Wildman–Crippen LogP) is 4.53. The number of hydrogen-bond donors (Lipinski definition) is 0. The van der Waals surface area contributed by atoms with Gasteiger partial charge in [0.15, 0.2) is 0 Å². The van der Waals surface area contributed by atoms with Crippen molar-refractivity contribution in [1.29, 1.82) is 0 Å². The molecule has 3 nitrogen and oxygen atoms in total. The molecule has 0 N–H and O–H groups in total. The quantitative estimate of drug-likeness (QED) is 0.799. The number of aromatic nitrogens is 1. The number of likely N-dealkylation sites (tertiary alicyclic amines) is 1. The van der Waals surface area contributed by atoms with Gasteiger partial charge < -0.3 is 4.90 Å². The second-order valence-corrected chi connectivity index (χ2v) is 9.20. The highest BCUT2D eigenvalue weighted by atomic mass is 32.1. The summed E-state index contributed by atoms with van der Waals surface area (Å²) in [5.74, 6) is 1.63. The minimum Gasteiger partial charge on any atom is -0.342 e. The van der Waals surface area contributed by atoms with Gasteiger partial charge in [0, 0.05) is 29.8 Å². The highest BCUT2D eigenvalue weighted by Gasteiger charge is 2.46. The van der Waals surface area contributed by atoms with Crippen LogP contribution in [-0.2, 0) is 17.6 Å². The van der Waals surface area contributed by atoms with Crippen LogP contribution in [0.25, 0.3) is 0 Å². The molecule has 1 saturated carbocycles. The molecule has 0 bridgehead atoms. The molecule has 2 aliphatic carbocycles. The van der Waals surface area contributed by atoms with E-state index in [1.165, 1.54) is 46.8 Å². The number of amides is 1. The molecule has 2 heterocycles. The highest BCUT2D eigenvalue weighted by Crippen LogP contribution is 2.49. The maximum atomic E-state index is 12.9. The molecule has 4 heteroatoms. The number of nitrogens with zero attached hydrogens (tertiary/aromatic N) is 2. The molecule has 2 unspecified atom stereocenters. The minimum atomic E-state index is 0.223. The van der Waals surface area contributed by atoms with Crippen molar-refractivity contribution < 1.29 is 4.79 Å². The van der Waals surface area contributed by atoms with Crippen LogP contribution >= 0.6 is 11.3 Å². The SMILES string of the molecule is O=C(C1CC1c1ccccc1)N1CCC(c2nc3c(s2)CCCC3)CC1. The van der Waals surface area contributed by atoms with Crippen LogP contribution in [0.15, 0.2) is 30.3 Å². The Morgan fingerprint density at radius 3 is 2.62 bits per heavy atom. The Hall–Kier alpha value is -1.68. The molecule has 1 saturated heterocycles. The molecular formula is C22H26N2OS. The van der Waals surface area contributed by atoms with Crippen molar-refractivity contribution in [1.82, 2.24) is 9.88 Å². The van der Waals surface area contributed by atoms with Crippen molar-refractivity contribution >= 4 is 17.2 Å². The van der Waals surface area contributed by atoms with Crippen LogP contribution in [0.4, 0.5) is 0 Å². The standard InChI is InChI=1S/C22H26N2OS/c25-22(18-14-17(18)15-6-2-1-3-7-15)24-12-10-16(11-13-24)21-23-19-8-4-5-9-20(19)26-21/h1-3,6-7,16-18H,4-5,8-14H2. The van der Waals surface area contributed by atoms with E-state index in [1.807, 2.05) is 17.4 Å². The summed E-state index contributed by atoms with van der Waals surface area (Å²) in [6, 6.07) is 10.5. The first kappa shape index (κ1) is 16.5. The normalized spacial score (nSPS) is 25.8. The minimum absolute atomic E-state index is 0.223. The molecule has 0 spiro atoms. The van der Waals surface area contributed by atoms with Crippen LogP contribution < -0.4 is 0 Å². The third kappa shape index (κ3) is 3.09. The molecule has 1 aliphatic heterocycles. The third-order valence-corrected chi connectivity index (χ3v) is 7.67. The van der Waals surface area contributed by atoms with Gasteiger partial charge in [-0.15, -0.1) is 11.3 Å². The number of thiazole rings is 1. The first-order chi connectivity index (χ1) is 12.8. The molecule has 26 heavy (non-hydrogen) atoms. The van der Waals surface area contributed by atoms with E-state index in [4.69, 9.17) is 4.98 Å². The van der Waals surface area contributed by atoms with E-state index in [-0.39, 0.29) is 5.92 Å². The number of aryl methyl sites for hydroxylation is 2. The summed E-state index contributed by atoms with van der Waals surface area (Å²) < 4.78 is 0. The molecule has 1 amide bonds. The number of carbonyl (C=O) groups is 1. The first-order valence-corrected chi connectivity index (χ1v) is 10.9. The lowest BCUT2D eigenvalue weighted by molar-refractivity contribution is -0.133. The lowest BCUT2D eigenvalue weighted by atomic mass is 9.96. The molecule has 5 rings (SSSR count). The van der Waals surface area contributed by atoms with Gasteiger partial charge in [0.05, 0.1) is 10.7 Å². The van der Waals surface area contributed by atoms with Gasteiger partial charge in [-0.1, -0.05) is 30.3 Å². The van der Waals surface area contributed by atoms with Gasteiger partial charge in [0.25, 0.3) is 0 Å². The van der Waals surface area contributed by atoms with Crippen LogP contribution in [0.2, 0.25) is 0 Å². The molecule has 2 aromatic rings. The van der Waals surface area contributed by atoms with E-state index in [2.05, 4.69) is 29.2 Å². The van der Waals surface area contributed by atoms with Crippen LogP contribution in [0.3, 0.4) is 0 Å². The number of rotatable bonds is 3. The predicted molar refractivity (Wildman–Crippen MR) is 105 cm³/mol. The Kier molecular flexibility index (Phi) is 4.32. The topological polar surface area (TPSA) is 33.2 Å². The average molecular weight is 367 g/mol. The average Bonchev–Trinajstić information content (AvgIpc) is 3.39. The van der Waals surface area contributed by atoms with Crippen LogP contribution in [0, 0.1) is 5.92 Å². The zero-order chi connectivity index (χ0) is 17.5. The summed E-state index contributed by atoms with van der Waals surface area (Å²) >= 11 is 1.95. The largest absolute Gasteiger partial charge is 0.342 e. The number of hydrogen-bond acceptors (Lipinski definition) is 3. The smallest absolute Gasteiger partial charge is 0.226 e. The maximum Gasteiger partial charge on any atom is 0.226 e. The van der Waals surface area contributed by atoms with E-state index >= 15 is 0 Å². The number of benzene rings is 1. The molecule has 2 fully saturated rings. The van der Waals surface area contributed by atoms with Gasteiger partial charge in [-0.25, -0.2) is 4.98 Å². The fraction of sp³-hybridized carbons (Fsp3) is 0.545. The van der Waals surface area contributed by atoms with Gasteiger partial charge in [-0.2, -0.15) is 0 Å². The Morgan fingerprint density at radius 1 is 1.08 bits per heavy atom. The van der Waals surface area contributed by atoms with E-state index in [9.17, 15) is 4.79 Å². The van der Waals surface area contributed by atoms with E-state index in [0.717, 1.165) is 32.4 Å². The summed E-state index contributed by atoms with van der Waals surface area (Å²) in [5.41, 5.74) is 2.70. The van der Waals surface area contributed by atoms with Crippen LogP contribution in [-0.4, -0.2) is 28.9 Å². The zero-order valence-corrected chi connectivity index (χ0v) is 16.0. The number of fused-ring (bicyclic) bond motifs is 1. The fourth-order valence-electron chi connectivity index (χ4n) is 4.66. The molecule has 1 aromatic carbocycles. The number of carbonyl (C=O) groups excluding carboxylic acids is 1. The molecule has 136 valence electrons. The lowest BCUT2D eigenvalue weighted by Crippen LogP contribution is -2.39. The molecule has 0 radical (unpaired) electrons. The molecule has 1 aromatic heterocycles. The van der Waals surface area contributed by atoms with Gasteiger partial charge in [0.2, 0.25) is 5.91 Å². The zero-order valence-electron chi connectivity index (χ0n) is 15.2. The second kappa shape index (κ2) is 6.80. The van der Waals surface area contributed by atoms with Crippen molar-refractivity contribution in [2.45, 2.75) is 56.8 Å². The van der Waals surface area contributed by atoms with Crippen molar-refractivity contribution in [3.8, 4) is 0 Å². The summed E-state index contributed by atoms with van der Waals surface area (Å²) in [6.07, 6.45) is 8.22. The molecule has 3 aliphatic rings. The van der Waals surface area contributed by atoms with Gasteiger partial charge in [-0.05, 0) is 56.4 Å². The Balaban J connectivity index is 1.18. The number of piperidine rings is 1. The van der Waals surface area contributed by atoms with Crippen molar-refractivity contribution in [3.05, 3.63) is 51.5 Å². The Bertz CT molecular complexity index is 768. The van der Waals surface area contributed by atoms with E-state index < -0.39 is 0 Å². The molecular weight excluding hydrogens is 340 g/mol.